The van der Waals surface area contributed by atoms with Gasteiger partial charge in [-0.05, 0) is 38.1 Å². The summed E-state index contributed by atoms with van der Waals surface area (Å²) >= 11 is 1.47. The molecule has 0 aliphatic heterocycles. The highest BCUT2D eigenvalue weighted by Crippen LogP contribution is 2.33. The third kappa shape index (κ3) is 5.33. The molecule has 0 aliphatic rings. The molecule has 2 aromatic rings. The summed E-state index contributed by atoms with van der Waals surface area (Å²) in [5.74, 6) is 2.09. The molecular formula is C20H25NO4S. The number of para-hydroxylation sites is 1. The summed E-state index contributed by atoms with van der Waals surface area (Å²) in [6.07, 6.45) is 0. The molecule has 6 heteroatoms. The van der Waals surface area contributed by atoms with Gasteiger partial charge in [-0.15, -0.1) is 11.8 Å². The normalized spacial score (nSPS) is 11.5. The number of hydrogen-bond donors (Lipinski definition) is 1. The van der Waals surface area contributed by atoms with Crippen LogP contribution in [0.15, 0.2) is 47.4 Å². The van der Waals surface area contributed by atoms with Gasteiger partial charge in [-0.1, -0.05) is 18.2 Å². The number of benzene rings is 2. The quantitative estimate of drug-likeness (QED) is 0.674. The van der Waals surface area contributed by atoms with Crippen LogP contribution in [-0.2, 0) is 11.3 Å². The van der Waals surface area contributed by atoms with Gasteiger partial charge in [0.15, 0.2) is 11.5 Å². The average molecular weight is 375 g/mol. The molecule has 0 bridgehead atoms. The molecule has 2 rings (SSSR count). The van der Waals surface area contributed by atoms with E-state index in [1.54, 1.807) is 14.2 Å². The van der Waals surface area contributed by atoms with Crippen molar-refractivity contribution in [2.75, 3.05) is 20.8 Å². The molecule has 26 heavy (non-hydrogen) atoms. The fraction of sp³-hybridized carbons (Fsp3) is 0.350. The number of carbonyl (C=O) groups is 1. The van der Waals surface area contributed by atoms with Gasteiger partial charge in [0.1, 0.15) is 5.75 Å². The van der Waals surface area contributed by atoms with Gasteiger partial charge in [0.25, 0.3) is 0 Å². The minimum absolute atomic E-state index is 0.0314. The monoisotopic (exact) mass is 375 g/mol. The van der Waals surface area contributed by atoms with E-state index in [1.807, 2.05) is 56.3 Å². The number of rotatable bonds is 9. The lowest BCUT2D eigenvalue weighted by molar-refractivity contribution is -0.120. The van der Waals surface area contributed by atoms with Crippen molar-refractivity contribution in [3.05, 3.63) is 48.0 Å². The second kappa shape index (κ2) is 9.97. The van der Waals surface area contributed by atoms with Crippen molar-refractivity contribution >= 4 is 17.7 Å². The Morgan fingerprint density at radius 1 is 1.08 bits per heavy atom. The second-order valence-electron chi connectivity index (χ2n) is 5.54. The van der Waals surface area contributed by atoms with Crippen molar-refractivity contribution < 1.29 is 19.0 Å². The lowest BCUT2D eigenvalue weighted by atomic mass is 10.2. The molecule has 0 unspecified atom stereocenters. The van der Waals surface area contributed by atoms with Crippen LogP contribution in [0.5, 0.6) is 17.2 Å². The highest BCUT2D eigenvalue weighted by Gasteiger charge is 2.16. The first kappa shape index (κ1) is 20.0. The standard InChI is InChI=1S/C20H25NO4S/c1-5-25-17-9-7-6-8-15(17)13-21-20(22)14(2)26-16-10-11-18(23-3)19(12-16)24-4/h6-12,14H,5,13H2,1-4H3,(H,21,22)/t14-/m1/s1. The molecule has 0 saturated carbocycles. The SMILES string of the molecule is CCOc1ccccc1CNC(=O)[C@@H](C)Sc1ccc(OC)c(OC)c1. The van der Waals surface area contributed by atoms with Crippen molar-refractivity contribution in [2.45, 2.75) is 30.5 Å². The van der Waals surface area contributed by atoms with Crippen LogP contribution in [-0.4, -0.2) is 32.0 Å². The summed E-state index contributed by atoms with van der Waals surface area (Å²) in [4.78, 5) is 13.4. The lowest BCUT2D eigenvalue weighted by Crippen LogP contribution is -2.30. The zero-order chi connectivity index (χ0) is 18.9. The Labute approximate surface area is 159 Å². The Hall–Kier alpha value is -2.34. The van der Waals surface area contributed by atoms with Crippen molar-refractivity contribution in [1.82, 2.24) is 5.32 Å². The van der Waals surface area contributed by atoms with Crippen LogP contribution >= 0.6 is 11.8 Å². The van der Waals surface area contributed by atoms with Gasteiger partial charge in [0, 0.05) is 17.0 Å². The summed E-state index contributed by atoms with van der Waals surface area (Å²) < 4.78 is 16.1. The number of carbonyl (C=O) groups excluding carboxylic acids is 1. The average Bonchev–Trinajstić information content (AvgIpc) is 2.67. The van der Waals surface area contributed by atoms with Crippen molar-refractivity contribution in [3.8, 4) is 17.2 Å². The second-order valence-corrected chi connectivity index (χ2v) is 6.95. The van der Waals surface area contributed by atoms with Crippen LogP contribution in [0.25, 0.3) is 0 Å². The maximum Gasteiger partial charge on any atom is 0.233 e. The van der Waals surface area contributed by atoms with E-state index in [0.29, 0.717) is 24.7 Å². The minimum atomic E-state index is -0.243. The summed E-state index contributed by atoms with van der Waals surface area (Å²) in [6, 6.07) is 13.4. The third-order valence-corrected chi connectivity index (χ3v) is 4.86. The minimum Gasteiger partial charge on any atom is -0.494 e. The summed E-state index contributed by atoms with van der Waals surface area (Å²) in [6.45, 7) is 4.85. The number of thioether (sulfide) groups is 1. The predicted octanol–water partition coefficient (Wildman–Crippen LogP) is 3.90. The van der Waals surface area contributed by atoms with Gasteiger partial charge in [-0.3, -0.25) is 4.79 Å². The summed E-state index contributed by atoms with van der Waals surface area (Å²) in [7, 11) is 3.19. The highest BCUT2D eigenvalue weighted by molar-refractivity contribution is 8.00. The van der Waals surface area contributed by atoms with Crippen LogP contribution in [0.3, 0.4) is 0 Å². The maximum absolute atomic E-state index is 12.4. The first-order chi connectivity index (χ1) is 12.6. The largest absolute Gasteiger partial charge is 0.494 e. The fourth-order valence-electron chi connectivity index (χ4n) is 2.42. The number of ether oxygens (including phenoxy) is 3. The molecule has 0 aliphatic carbocycles. The van der Waals surface area contributed by atoms with E-state index in [9.17, 15) is 4.79 Å². The maximum atomic E-state index is 12.4. The van der Waals surface area contributed by atoms with Crippen molar-refractivity contribution in [3.63, 3.8) is 0 Å². The van der Waals surface area contributed by atoms with Gasteiger partial charge in [0.2, 0.25) is 5.91 Å². The van der Waals surface area contributed by atoms with Gasteiger partial charge in [-0.2, -0.15) is 0 Å². The van der Waals surface area contributed by atoms with Crippen LogP contribution in [0, 0.1) is 0 Å². The van der Waals surface area contributed by atoms with E-state index in [-0.39, 0.29) is 11.2 Å². The Balaban J connectivity index is 1.96. The van der Waals surface area contributed by atoms with Crippen LogP contribution in [0.1, 0.15) is 19.4 Å². The molecule has 1 amide bonds. The van der Waals surface area contributed by atoms with Crippen LogP contribution in [0.4, 0.5) is 0 Å². The molecule has 140 valence electrons. The molecule has 0 fully saturated rings. The third-order valence-electron chi connectivity index (χ3n) is 3.76. The zero-order valence-corrected chi connectivity index (χ0v) is 16.4. The molecule has 0 radical (unpaired) electrons. The Morgan fingerprint density at radius 3 is 2.50 bits per heavy atom. The highest BCUT2D eigenvalue weighted by atomic mass is 32.2. The molecule has 0 saturated heterocycles. The Kier molecular flexibility index (Phi) is 7.66. The van der Waals surface area contributed by atoms with E-state index < -0.39 is 0 Å². The fourth-order valence-corrected chi connectivity index (χ4v) is 3.34. The number of hydrogen-bond acceptors (Lipinski definition) is 5. The van der Waals surface area contributed by atoms with E-state index in [1.165, 1.54) is 11.8 Å². The molecule has 0 spiro atoms. The molecule has 0 heterocycles. The molecule has 2 aromatic carbocycles. The van der Waals surface area contributed by atoms with E-state index >= 15 is 0 Å². The zero-order valence-electron chi connectivity index (χ0n) is 15.6. The number of amides is 1. The number of nitrogens with one attached hydrogen (secondary N) is 1. The number of methoxy groups -OCH3 is 2. The molecule has 1 N–H and O–H groups in total. The van der Waals surface area contributed by atoms with Crippen molar-refractivity contribution in [1.29, 1.82) is 0 Å². The Bertz CT molecular complexity index is 736. The van der Waals surface area contributed by atoms with E-state index in [4.69, 9.17) is 14.2 Å². The van der Waals surface area contributed by atoms with E-state index in [0.717, 1.165) is 16.2 Å². The molecule has 1 atom stereocenters. The molecule has 0 aromatic heterocycles. The van der Waals surface area contributed by atoms with Gasteiger partial charge < -0.3 is 19.5 Å². The van der Waals surface area contributed by atoms with Crippen LogP contribution in [0.2, 0.25) is 0 Å². The van der Waals surface area contributed by atoms with Gasteiger partial charge >= 0.3 is 0 Å². The smallest absolute Gasteiger partial charge is 0.233 e. The van der Waals surface area contributed by atoms with E-state index in [2.05, 4.69) is 5.32 Å². The molecular weight excluding hydrogens is 350 g/mol. The predicted molar refractivity (Wildman–Crippen MR) is 104 cm³/mol. The van der Waals surface area contributed by atoms with Crippen LogP contribution < -0.4 is 19.5 Å². The topological polar surface area (TPSA) is 56.8 Å². The molecule has 5 nitrogen and oxygen atoms in total. The lowest BCUT2D eigenvalue weighted by Gasteiger charge is -2.15. The first-order valence-electron chi connectivity index (χ1n) is 8.46. The van der Waals surface area contributed by atoms with Gasteiger partial charge in [0.05, 0.1) is 26.1 Å². The summed E-state index contributed by atoms with van der Waals surface area (Å²) in [5.41, 5.74) is 0.964. The van der Waals surface area contributed by atoms with Gasteiger partial charge in [-0.25, -0.2) is 0 Å². The first-order valence-corrected chi connectivity index (χ1v) is 9.34. The Morgan fingerprint density at radius 2 is 1.81 bits per heavy atom. The summed E-state index contributed by atoms with van der Waals surface area (Å²) in [5, 5.41) is 2.73. The van der Waals surface area contributed by atoms with Crippen molar-refractivity contribution in [2.24, 2.45) is 0 Å².